The largest absolute Gasteiger partial charge is 0.269 e. The summed E-state index contributed by atoms with van der Waals surface area (Å²) in [5.41, 5.74) is 3.01. The molecule has 140 valence electrons. The van der Waals surface area contributed by atoms with Crippen molar-refractivity contribution in [2.45, 2.75) is 77.0 Å². The van der Waals surface area contributed by atoms with Gasteiger partial charge in [0, 0.05) is 25.8 Å². The van der Waals surface area contributed by atoms with E-state index in [1.165, 1.54) is 75.4 Å². The predicted molar refractivity (Wildman–Crippen MR) is 109 cm³/mol. The topological polar surface area (TPSA) is 0 Å². The molecule has 0 bridgehead atoms. The Hall–Kier alpha value is 0.410. The summed E-state index contributed by atoms with van der Waals surface area (Å²) in [7, 11) is 0. The van der Waals surface area contributed by atoms with E-state index in [2.05, 4.69) is 36.5 Å². The molecule has 0 nitrogen and oxygen atoms in total. The zero-order valence-electron chi connectivity index (χ0n) is 15.3. The van der Waals surface area contributed by atoms with Crippen molar-refractivity contribution in [2.24, 2.45) is 11.8 Å². The zero-order chi connectivity index (χ0) is 15.0. The van der Waals surface area contributed by atoms with Gasteiger partial charge in [-0.1, -0.05) is 38.5 Å². The Labute approximate surface area is 186 Å². The van der Waals surface area contributed by atoms with Crippen molar-refractivity contribution in [2.75, 3.05) is 0 Å². The van der Waals surface area contributed by atoms with E-state index in [1.54, 1.807) is 0 Å². The fourth-order valence-corrected chi connectivity index (χ4v) is 4.23. The number of hydrogen-bond acceptors (Lipinski definition) is 0. The van der Waals surface area contributed by atoms with E-state index in [0.29, 0.717) is 0 Å². The van der Waals surface area contributed by atoms with Crippen molar-refractivity contribution in [3.63, 3.8) is 0 Å². The molecule has 0 amide bonds. The van der Waals surface area contributed by atoms with Crippen molar-refractivity contribution in [3.05, 3.63) is 47.6 Å². The molecule has 0 radical (unpaired) electrons. The van der Waals surface area contributed by atoms with Crippen molar-refractivity contribution in [3.8, 4) is 0 Å². The van der Waals surface area contributed by atoms with Gasteiger partial charge in [0.15, 0.2) is 0 Å². The van der Waals surface area contributed by atoms with E-state index < -0.39 is 0 Å². The summed E-state index contributed by atoms with van der Waals surface area (Å²) in [6.45, 7) is 0. The molecule has 25 heavy (non-hydrogen) atoms. The van der Waals surface area contributed by atoms with Crippen LogP contribution in [-0.4, -0.2) is 0 Å². The number of halogens is 2. The van der Waals surface area contributed by atoms with Crippen molar-refractivity contribution >= 4 is 24.8 Å². The molecule has 0 aromatic heterocycles. The van der Waals surface area contributed by atoms with E-state index in [4.69, 9.17) is 0 Å². The van der Waals surface area contributed by atoms with E-state index in [-0.39, 0.29) is 50.7 Å². The Morgan fingerprint density at radius 2 is 0.960 bits per heavy atom. The molecular weight excluding hydrogens is 514 g/mol. The van der Waals surface area contributed by atoms with Gasteiger partial charge in [0.05, 0.1) is 0 Å². The summed E-state index contributed by atoms with van der Waals surface area (Å²) in [4.78, 5) is 0. The van der Waals surface area contributed by atoms with Gasteiger partial charge >= 0.3 is 0 Å². The van der Waals surface area contributed by atoms with Crippen molar-refractivity contribution < 1.29 is 25.8 Å². The Balaban J connectivity index is 0.000000411. The van der Waals surface area contributed by atoms with Gasteiger partial charge in [-0.15, -0.1) is 37.7 Å². The third-order valence-corrected chi connectivity index (χ3v) is 5.53. The molecule has 0 atom stereocenters. The van der Waals surface area contributed by atoms with Gasteiger partial charge in [-0.2, -0.15) is 12.2 Å². The van der Waals surface area contributed by atoms with Crippen molar-refractivity contribution in [1.29, 1.82) is 0 Å². The molecule has 0 aromatic rings. The van der Waals surface area contributed by atoms with Crippen LogP contribution in [0.5, 0.6) is 0 Å². The predicted octanol–water partition coefficient (Wildman–Crippen LogP) is 7.35. The van der Waals surface area contributed by atoms with Crippen LogP contribution in [0.25, 0.3) is 0 Å². The summed E-state index contributed by atoms with van der Waals surface area (Å²) in [6.07, 6.45) is 32.3. The first-order chi connectivity index (χ1) is 10.9. The Morgan fingerprint density at radius 3 is 1.24 bits per heavy atom. The van der Waals surface area contributed by atoms with Crippen LogP contribution in [0.2, 0.25) is 0 Å². The van der Waals surface area contributed by atoms with E-state index >= 15 is 0 Å². The third-order valence-electron chi connectivity index (χ3n) is 5.53. The number of allylic oxidation sites excluding steroid dienone is 8. The fourth-order valence-electron chi connectivity index (χ4n) is 4.23. The maximum atomic E-state index is 3.43. The van der Waals surface area contributed by atoms with Gasteiger partial charge in [-0.3, -0.25) is 12.2 Å². The number of hydrogen-bond donors (Lipinski definition) is 0. The minimum Gasteiger partial charge on any atom is -0.269 e. The van der Waals surface area contributed by atoms with Crippen LogP contribution < -0.4 is 0 Å². The first kappa shape index (κ1) is 25.4. The minimum absolute atomic E-state index is 0. The molecule has 0 spiro atoms. The second-order valence-corrected chi connectivity index (χ2v) is 7.15. The quantitative estimate of drug-likeness (QED) is 0.251. The molecule has 2 fully saturated rings. The van der Waals surface area contributed by atoms with Crippen LogP contribution in [0, 0.1) is 24.0 Å². The van der Waals surface area contributed by atoms with Gasteiger partial charge in [0.2, 0.25) is 0 Å². The minimum atomic E-state index is 0. The first-order valence-corrected chi connectivity index (χ1v) is 9.48. The molecule has 0 saturated heterocycles. The van der Waals surface area contributed by atoms with E-state index in [9.17, 15) is 0 Å². The monoisotopic (exact) mass is 546 g/mol. The maximum Gasteiger partial charge on any atom is 0 e. The molecule has 0 heterocycles. The molecule has 2 saturated carbocycles. The third kappa shape index (κ3) is 8.31. The standard InChI is InChI=1S/2C11H15.2ClH.Hf/c2*1-2-6-10(7-3-1)11-8-4-5-9-11;;;/h2*4,8,10H,1-3,5-7H2;2*1H;/q2*-1;;;. The second-order valence-electron chi connectivity index (χ2n) is 7.15. The average Bonchev–Trinajstić information content (AvgIpc) is 3.31. The van der Waals surface area contributed by atoms with E-state index in [0.717, 1.165) is 24.7 Å². The summed E-state index contributed by atoms with van der Waals surface area (Å²) in [5.74, 6) is 1.73. The van der Waals surface area contributed by atoms with Crippen LogP contribution in [0.4, 0.5) is 0 Å². The van der Waals surface area contributed by atoms with Gasteiger partial charge in [0.25, 0.3) is 0 Å². The first-order valence-electron chi connectivity index (χ1n) is 9.48. The molecule has 0 aliphatic heterocycles. The smallest absolute Gasteiger partial charge is 0 e. The van der Waals surface area contributed by atoms with Crippen molar-refractivity contribution in [1.82, 2.24) is 0 Å². The fraction of sp³-hybridized carbons (Fsp3) is 0.636. The van der Waals surface area contributed by atoms with Gasteiger partial charge in [-0.05, 0) is 37.5 Å². The Morgan fingerprint density at radius 1 is 0.600 bits per heavy atom. The summed E-state index contributed by atoms with van der Waals surface area (Å²) >= 11 is 0. The number of rotatable bonds is 2. The SMILES string of the molecule is Cl.Cl.[C-]1=C(C2CCCCC2)C=CC1.[C-]1=C(C2CCCCC2)C=CC1.[Hf]. The normalized spacial score (nSPS) is 22.6. The van der Waals surface area contributed by atoms with Crippen LogP contribution in [0.1, 0.15) is 77.0 Å². The van der Waals surface area contributed by atoms with Gasteiger partial charge < -0.3 is 0 Å². The van der Waals surface area contributed by atoms with E-state index in [1.807, 2.05) is 0 Å². The summed E-state index contributed by atoms with van der Waals surface area (Å²) < 4.78 is 0. The van der Waals surface area contributed by atoms with Gasteiger partial charge in [0.1, 0.15) is 0 Å². The summed E-state index contributed by atoms with van der Waals surface area (Å²) in [5, 5.41) is 0. The van der Waals surface area contributed by atoms with Crippen LogP contribution in [0.3, 0.4) is 0 Å². The molecule has 0 N–H and O–H groups in total. The molecule has 4 aliphatic carbocycles. The zero-order valence-corrected chi connectivity index (χ0v) is 20.5. The van der Waals surface area contributed by atoms with Gasteiger partial charge in [-0.25, -0.2) is 23.3 Å². The molecule has 3 heteroatoms. The molecule has 0 aromatic carbocycles. The molecule has 4 rings (SSSR count). The Bertz CT molecular complexity index is 420. The van der Waals surface area contributed by atoms with Crippen LogP contribution in [0.15, 0.2) is 35.5 Å². The Kier molecular flexibility index (Phi) is 14.7. The van der Waals surface area contributed by atoms with Crippen LogP contribution in [-0.2, 0) is 25.8 Å². The summed E-state index contributed by atoms with van der Waals surface area (Å²) in [6, 6.07) is 0. The maximum absolute atomic E-state index is 3.43. The molecule has 4 aliphatic rings. The average molecular weight is 546 g/mol. The molecular formula is C22H32Cl2Hf-2. The second kappa shape index (κ2) is 14.5. The van der Waals surface area contributed by atoms with Crippen LogP contribution >= 0.6 is 24.8 Å². The molecule has 0 unspecified atom stereocenters.